The molecular weight excluding hydrogens is 1050 g/mol. The Labute approximate surface area is 506 Å². The molecule has 80 heavy (non-hydrogen) atoms. The Hall–Kier alpha value is -2.78. The highest BCUT2D eigenvalue weighted by atomic mass is 32.1. The fourth-order valence-corrected chi connectivity index (χ4v) is 16.8. The van der Waals surface area contributed by atoms with E-state index in [-0.39, 0.29) is 11.8 Å². The summed E-state index contributed by atoms with van der Waals surface area (Å²) in [4.78, 5) is 45.9. The van der Waals surface area contributed by atoms with E-state index in [0.717, 1.165) is 46.8 Å². The first-order valence-corrected chi connectivity index (χ1v) is 37.0. The van der Waals surface area contributed by atoms with Gasteiger partial charge in [0.25, 0.3) is 11.8 Å². The van der Waals surface area contributed by atoms with Crippen LogP contribution in [0.25, 0.3) is 30.9 Å². The maximum absolute atomic E-state index is 15.9. The molecule has 4 nitrogen and oxygen atoms in total. The number of thiophene rings is 4. The maximum Gasteiger partial charge on any atom is 0.261 e. The Balaban J connectivity index is 1.29. The van der Waals surface area contributed by atoms with E-state index in [2.05, 4.69) is 99.9 Å². The zero-order valence-corrected chi connectivity index (χ0v) is 55.1. The first-order valence-electron chi connectivity index (χ1n) is 33.7. The van der Waals surface area contributed by atoms with Crippen LogP contribution in [0.5, 0.6) is 0 Å². The molecule has 0 saturated carbocycles. The van der Waals surface area contributed by atoms with Gasteiger partial charge in [-0.05, 0) is 99.9 Å². The normalized spacial score (nSPS) is 14.5. The number of rotatable bonds is 48. The van der Waals surface area contributed by atoms with Gasteiger partial charge < -0.3 is 9.80 Å². The first-order chi connectivity index (χ1) is 39.3. The van der Waals surface area contributed by atoms with Gasteiger partial charge in [-0.25, -0.2) is 0 Å². The van der Waals surface area contributed by atoms with Crippen molar-refractivity contribution in [2.75, 3.05) is 13.1 Å². The Morgan fingerprint density at radius 3 is 0.812 bits per heavy atom. The number of nitrogens with zero attached hydrogens (tertiary/aromatic N) is 2. The predicted octanol–water partition coefficient (Wildman–Crippen LogP) is 24.6. The highest BCUT2D eigenvalue weighted by Crippen LogP contribution is 2.51. The summed E-state index contributed by atoms with van der Waals surface area (Å²) >= 11 is 7.25. The van der Waals surface area contributed by atoms with Crippen LogP contribution in [0.4, 0.5) is 0 Å². The summed E-state index contributed by atoms with van der Waals surface area (Å²) in [5.41, 5.74) is 3.16. The molecule has 2 aliphatic heterocycles. The van der Waals surface area contributed by atoms with Gasteiger partial charge in [-0.1, -0.05) is 259 Å². The molecule has 0 radical (unpaired) electrons. The van der Waals surface area contributed by atoms with Gasteiger partial charge >= 0.3 is 0 Å². The molecule has 446 valence electrons. The summed E-state index contributed by atoms with van der Waals surface area (Å²) in [5.74, 6) is 0.926. The number of aryl methyl sites for hydroxylation is 2. The van der Waals surface area contributed by atoms with Crippen LogP contribution < -0.4 is 0 Å². The summed E-state index contributed by atoms with van der Waals surface area (Å²) in [6, 6.07) is 17.9. The van der Waals surface area contributed by atoms with Gasteiger partial charge in [-0.3, -0.25) is 9.59 Å². The summed E-state index contributed by atoms with van der Waals surface area (Å²) in [5, 5.41) is 0. The highest BCUT2D eigenvalue weighted by molar-refractivity contribution is 7.26. The van der Waals surface area contributed by atoms with E-state index in [4.69, 9.17) is 0 Å². The predicted molar refractivity (Wildman–Crippen MR) is 356 cm³/mol. The fourth-order valence-electron chi connectivity index (χ4n) is 12.7. The second-order valence-electron chi connectivity index (χ2n) is 24.6. The van der Waals surface area contributed by atoms with Gasteiger partial charge in [0.05, 0.1) is 32.3 Å². The van der Waals surface area contributed by atoms with Crippen molar-refractivity contribution in [3.05, 3.63) is 79.2 Å². The molecule has 2 atom stereocenters. The second kappa shape index (κ2) is 39.0. The fraction of sp³-hybridized carbons (Fsp3) is 0.694. The smallest absolute Gasteiger partial charge is 0.261 e. The Kier molecular flexibility index (Phi) is 32.3. The summed E-state index contributed by atoms with van der Waals surface area (Å²) in [6.07, 6.45) is 52.2. The van der Waals surface area contributed by atoms with Crippen LogP contribution in [0.2, 0.25) is 0 Å². The zero-order chi connectivity index (χ0) is 56.6. The van der Waals surface area contributed by atoms with Crippen molar-refractivity contribution in [2.24, 2.45) is 11.8 Å². The van der Waals surface area contributed by atoms with Crippen molar-refractivity contribution in [2.45, 2.75) is 298 Å². The summed E-state index contributed by atoms with van der Waals surface area (Å²) in [6.45, 7) is 15.0. The first kappa shape index (κ1) is 66.4. The van der Waals surface area contributed by atoms with Crippen molar-refractivity contribution in [3.8, 4) is 19.5 Å². The van der Waals surface area contributed by atoms with Gasteiger partial charge in [0, 0.05) is 42.4 Å². The molecule has 0 saturated heterocycles. The lowest BCUT2D eigenvalue weighted by atomic mass is 9.93. The van der Waals surface area contributed by atoms with Crippen LogP contribution in [0.3, 0.4) is 0 Å². The molecule has 4 aromatic rings. The molecule has 0 aliphatic carbocycles. The molecule has 0 spiro atoms. The molecule has 4 aromatic heterocycles. The van der Waals surface area contributed by atoms with Gasteiger partial charge in [-0.15, -0.1) is 45.3 Å². The van der Waals surface area contributed by atoms with Crippen LogP contribution in [0.15, 0.2) is 59.7 Å². The lowest BCUT2D eigenvalue weighted by Gasteiger charge is -2.29. The van der Waals surface area contributed by atoms with E-state index < -0.39 is 0 Å². The third kappa shape index (κ3) is 22.0. The topological polar surface area (TPSA) is 40.6 Å². The molecule has 2 aliphatic rings. The van der Waals surface area contributed by atoms with Gasteiger partial charge in [0.1, 0.15) is 0 Å². The Bertz CT molecular complexity index is 2390. The number of carbonyl (C=O) groups is 2. The molecular formula is C72H112N2O2S4. The number of hydrogen-bond donors (Lipinski definition) is 0. The van der Waals surface area contributed by atoms with Crippen LogP contribution >= 0.6 is 45.3 Å². The van der Waals surface area contributed by atoms with Gasteiger partial charge in [0.15, 0.2) is 0 Å². The molecule has 0 fully saturated rings. The van der Waals surface area contributed by atoms with Crippen molar-refractivity contribution in [3.63, 3.8) is 0 Å². The number of hydrogen-bond acceptors (Lipinski definition) is 6. The SMILES string of the molecule is CCCCCCCCCCCCC(CCCCCCCCCC)CN1C(=O)C2=C(c3ccc(-c4ccc(-c5ccc(C)s5)s4)s3)N(CC(CCCCCCCCCC)CCCCCCCCCCCC)C(=O)C2=C1c1ccc(C)s1. The van der Waals surface area contributed by atoms with E-state index in [1.165, 1.54) is 260 Å². The molecule has 0 N–H and O–H groups in total. The van der Waals surface area contributed by atoms with Crippen molar-refractivity contribution < 1.29 is 9.59 Å². The monoisotopic (exact) mass is 1160 g/mol. The average molecular weight is 1170 g/mol. The van der Waals surface area contributed by atoms with Gasteiger partial charge in [0.2, 0.25) is 0 Å². The molecule has 6 rings (SSSR count). The van der Waals surface area contributed by atoms with Crippen molar-refractivity contribution in [1.82, 2.24) is 9.80 Å². The minimum Gasteiger partial charge on any atom is -0.306 e. The van der Waals surface area contributed by atoms with E-state index in [1.807, 2.05) is 22.7 Å². The number of amides is 2. The largest absolute Gasteiger partial charge is 0.306 e. The average Bonchev–Trinajstić information content (AvgIpc) is 4.54. The molecule has 2 unspecified atom stereocenters. The minimum absolute atomic E-state index is 0.0617. The van der Waals surface area contributed by atoms with Crippen LogP contribution in [0, 0.1) is 25.7 Å². The van der Waals surface area contributed by atoms with Crippen LogP contribution in [0.1, 0.15) is 304 Å². The Morgan fingerprint density at radius 2 is 0.525 bits per heavy atom. The molecule has 6 heterocycles. The molecule has 8 heteroatoms. The van der Waals surface area contributed by atoms with E-state index in [1.54, 1.807) is 22.7 Å². The van der Waals surface area contributed by atoms with Crippen molar-refractivity contribution >= 4 is 68.6 Å². The molecule has 2 amide bonds. The summed E-state index contributed by atoms with van der Waals surface area (Å²) < 4.78 is 0. The number of unbranched alkanes of at least 4 members (excludes halogenated alkanes) is 32. The Morgan fingerprint density at radius 1 is 0.300 bits per heavy atom. The number of carbonyl (C=O) groups excluding carboxylic acids is 2. The standard InChI is InChI=1S/C72H112N2O2S4/c1-7-11-15-19-23-27-29-33-37-41-44-59(43-39-35-31-25-21-17-13-9-3)55-73-69(65-50-48-58(6)78-65)67-68(72(73)76)70(66-54-53-64(80-66)63-52-51-62(79-63)61-49-47-57(5)77-61)74(71(67)75)56-60(45-40-36-32-26-22-18-14-10-4)46-42-38-34-30-28-24-20-16-12-8-2/h47-54,59-60H,7-46,55-56H2,1-6H3. The quantitative estimate of drug-likeness (QED) is 0.0414. The maximum atomic E-state index is 15.9. The van der Waals surface area contributed by atoms with Crippen LogP contribution in [-0.4, -0.2) is 34.7 Å². The van der Waals surface area contributed by atoms with Gasteiger partial charge in [-0.2, -0.15) is 0 Å². The van der Waals surface area contributed by atoms with E-state index in [9.17, 15) is 0 Å². The van der Waals surface area contributed by atoms with Crippen LogP contribution in [-0.2, 0) is 9.59 Å². The molecule has 0 bridgehead atoms. The highest BCUT2D eigenvalue weighted by Gasteiger charge is 2.50. The number of fused-ring (bicyclic) bond motifs is 1. The van der Waals surface area contributed by atoms with E-state index >= 15 is 9.59 Å². The zero-order valence-electron chi connectivity index (χ0n) is 51.8. The third-order valence-corrected chi connectivity index (χ3v) is 22.1. The second-order valence-corrected chi connectivity index (χ2v) is 29.4. The summed E-state index contributed by atoms with van der Waals surface area (Å²) in [7, 11) is 0. The van der Waals surface area contributed by atoms with E-state index in [0.29, 0.717) is 36.1 Å². The lowest BCUT2D eigenvalue weighted by molar-refractivity contribution is -0.124. The lowest BCUT2D eigenvalue weighted by Crippen LogP contribution is -2.34. The third-order valence-electron chi connectivity index (χ3n) is 17.6. The molecule has 0 aromatic carbocycles. The minimum atomic E-state index is 0.0617. The van der Waals surface area contributed by atoms with Crippen molar-refractivity contribution in [1.29, 1.82) is 0 Å².